The van der Waals surface area contributed by atoms with Crippen LogP contribution in [0.15, 0.2) is 21.8 Å². The van der Waals surface area contributed by atoms with Crippen molar-refractivity contribution in [3.8, 4) is 0 Å². The normalized spacial score (nSPS) is 17.0. The Hall–Kier alpha value is -0.870. The van der Waals surface area contributed by atoms with Gasteiger partial charge >= 0.3 is 0 Å². The molecule has 1 saturated heterocycles. The molecule has 1 aromatic heterocycles. The Morgan fingerprint density at radius 1 is 1.36 bits per heavy atom. The Morgan fingerprint density at radius 2 is 2.09 bits per heavy atom. The van der Waals surface area contributed by atoms with Gasteiger partial charge in [-0.2, -0.15) is 0 Å². The Morgan fingerprint density at radius 3 is 2.68 bits per heavy atom. The molecule has 7 nitrogen and oxygen atoms in total. The van der Waals surface area contributed by atoms with Crippen molar-refractivity contribution in [2.24, 2.45) is 4.99 Å². The highest BCUT2D eigenvalue weighted by molar-refractivity contribution is 14.0. The van der Waals surface area contributed by atoms with Crippen LogP contribution < -0.4 is 10.6 Å². The SMILES string of the molecule is CN=C(NCc1ccon1)NCC(C)(C)N1CCOCC1.I. The number of aromatic nitrogens is 1. The molecule has 0 saturated carbocycles. The van der Waals surface area contributed by atoms with Gasteiger partial charge in [-0.25, -0.2) is 0 Å². The molecule has 1 fully saturated rings. The molecule has 0 radical (unpaired) electrons. The fourth-order valence-corrected chi connectivity index (χ4v) is 2.30. The van der Waals surface area contributed by atoms with Gasteiger partial charge in [0, 0.05) is 38.3 Å². The summed E-state index contributed by atoms with van der Waals surface area (Å²) in [5.74, 6) is 0.763. The van der Waals surface area contributed by atoms with E-state index in [2.05, 4.69) is 39.5 Å². The van der Waals surface area contributed by atoms with Crippen LogP contribution in [0.5, 0.6) is 0 Å². The summed E-state index contributed by atoms with van der Waals surface area (Å²) in [5.41, 5.74) is 0.903. The van der Waals surface area contributed by atoms with Crippen molar-refractivity contribution >= 4 is 29.9 Å². The highest BCUT2D eigenvalue weighted by atomic mass is 127. The van der Waals surface area contributed by atoms with E-state index >= 15 is 0 Å². The smallest absolute Gasteiger partial charge is 0.191 e. The fraction of sp³-hybridized carbons (Fsp3) is 0.714. The second-order valence-corrected chi connectivity index (χ2v) is 5.68. The molecule has 0 atom stereocenters. The number of ether oxygens (including phenoxy) is 1. The maximum absolute atomic E-state index is 5.41. The first kappa shape index (κ1) is 19.2. The molecule has 22 heavy (non-hydrogen) atoms. The zero-order chi connectivity index (χ0) is 15.1. The van der Waals surface area contributed by atoms with Gasteiger partial charge in [0.1, 0.15) is 12.0 Å². The monoisotopic (exact) mass is 423 g/mol. The summed E-state index contributed by atoms with van der Waals surface area (Å²) in [4.78, 5) is 6.67. The number of rotatable bonds is 5. The van der Waals surface area contributed by atoms with E-state index < -0.39 is 0 Å². The molecule has 0 amide bonds. The van der Waals surface area contributed by atoms with Gasteiger partial charge in [-0.05, 0) is 13.8 Å². The van der Waals surface area contributed by atoms with Crippen LogP contribution in [0.1, 0.15) is 19.5 Å². The maximum atomic E-state index is 5.41. The summed E-state index contributed by atoms with van der Waals surface area (Å²) in [6.07, 6.45) is 1.56. The Balaban J connectivity index is 0.00000242. The molecule has 1 aliphatic heterocycles. The van der Waals surface area contributed by atoms with Crippen molar-refractivity contribution in [1.29, 1.82) is 0 Å². The summed E-state index contributed by atoms with van der Waals surface area (Å²) in [7, 11) is 1.76. The number of hydrogen-bond acceptors (Lipinski definition) is 5. The summed E-state index contributed by atoms with van der Waals surface area (Å²) < 4.78 is 10.2. The molecule has 0 unspecified atom stereocenters. The second-order valence-electron chi connectivity index (χ2n) is 5.68. The van der Waals surface area contributed by atoms with E-state index in [4.69, 9.17) is 9.26 Å². The van der Waals surface area contributed by atoms with Gasteiger partial charge in [0.05, 0.1) is 19.8 Å². The van der Waals surface area contributed by atoms with Crippen LogP contribution in [0.4, 0.5) is 0 Å². The number of halogens is 1. The Kier molecular flexibility index (Phi) is 8.12. The van der Waals surface area contributed by atoms with E-state index in [0.717, 1.165) is 44.5 Å². The second kappa shape index (κ2) is 9.31. The molecule has 2 N–H and O–H groups in total. The minimum atomic E-state index is 0. The molecule has 126 valence electrons. The van der Waals surface area contributed by atoms with Crippen molar-refractivity contribution in [2.75, 3.05) is 39.9 Å². The third-order valence-electron chi connectivity index (χ3n) is 3.71. The Bertz CT molecular complexity index is 444. The lowest BCUT2D eigenvalue weighted by Crippen LogP contribution is -2.56. The van der Waals surface area contributed by atoms with Gasteiger partial charge in [-0.1, -0.05) is 5.16 Å². The number of nitrogens with zero attached hydrogens (tertiary/aromatic N) is 3. The van der Waals surface area contributed by atoms with Crippen LogP contribution in [0, 0.1) is 0 Å². The number of guanidine groups is 1. The molecule has 1 aliphatic rings. The van der Waals surface area contributed by atoms with Gasteiger partial charge in [0.2, 0.25) is 0 Å². The molecule has 8 heteroatoms. The van der Waals surface area contributed by atoms with Crippen molar-refractivity contribution in [3.63, 3.8) is 0 Å². The third-order valence-corrected chi connectivity index (χ3v) is 3.71. The summed E-state index contributed by atoms with van der Waals surface area (Å²) >= 11 is 0. The predicted octanol–water partition coefficient (Wildman–Crippen LogP) is 1.07. The highest BCUT2D eigenvalue weighted by Gasteiger charge is 2.28. The van der Waals surface area contributed by atoms with Gasteiger partial charge in [0.15, 0.2) is 5.96 Å². The first-order valence-electron chi connectivity index (χ1n) is 7.28. The van der Waals surface area contributed by atoms with Crippen LogP contribution in [0.2, 0.25) is 0 Å². The largest absolute Gasteiger partial charge is 0.379 e. The zero-order valence-corrected chi connectivity index (χ0v) is 15.8. The van der Waals surface area contributed by atoms with Crippen molar-refractivity contribution in [2.45, 2.75) is 25.9 Å². The number of hydrogen-bond donors (Lipinski definition) is 2. The van der Waals surface area contributed by atoms with Crippen LogP contribution in [-0.4, -0.2) is 61.5 Å². The van der Waals surface area contributed by atoms with Gasteiger partial charge < -0.3 is 19.9 Å². The average Bonchev–Trinajstić information content (AvgIpc) is 3.02. The lowest BCUT2D eigenvalue weighted by molar-refractivity contribution is -0.00834. The quantitative estimate of drug-likeness (QED) is 0.420. The summed E-state index contributed by atoms with van der Waals surface area (Å²) in [6, 6.07) is 1.83. The fourth-order valence-electron chi connectivity index (χ4n) is 2.30. The number of aliphatic imine (C=N–C) groups is 1. The molecule has 0 aliphatic carbocycles. The molecule has 0 aromatic carbocycles. The van der Waals surface area contributed by atoms with E-state index in [1.807, 2.05) is 6.07 Å². The van der Waals surface area contributed by atoms with Crippen LogP contribution in [0.3, 0.4) is 0 Å². The van der Waals surface area contributed by atoms with Crippen molar-refractivity contribution < 1.29 is 9.26 Å². The van der Waals surface area contributed by atoms with Gasteiger partial charge in [0.25, 0.3) is 0 Å². The summed E-state index contributed by atoms with van der Waals surface area (Å²) in [5, 5.41) is 10.5. The lowest BCUT2D eigenvalue weighted by Gasteiger charge is -2.41. The van der Waals surface area contributed by atoms with E-state index in [1.54, 1.807) is 13.3 Å². The standard InChI is InChI=1S/C14H25N5O2.HI/c1-14(2,19-5-8-20-9-6-19)11-17-13(15-3)16-10-12-4-7-21-18-12;/h4,7H,5-6,8-11H2,1-3H3,(H2,15,16,17);1H. The van der Waals surface area contributed by atoms with Crippen molar-refractivity contribution in [1.82, 2.24) is 20.7 Å². The van der Waals surface area contributed by atoms with E-state index in [-0.39, 0.29) is 29.5 Å². The van der Waals surface area contributed by atoms with Crippen LogP contribution in [-0.2, 0) is 11.3 Å². The Labute approximate surface area is 148 Å². The van der Waals surface area contributed by atoms with E-state index in [1.165, 1.54) is 0 Å². The van der Waals surface area contributed by atoms with E-state index in [0.29, 0.717) is 6.54 Å². The predicted molar refractivity (Wildman–Crippen MR) is 96.6 cm³/mol. The molecule has 2 rings (SSSR count). The van der Waals surface area contributed by atoms with Crippen molar-refractivity contribution in [3.05, 3.63) is 18.0 Å². The molecule has 1 aromatic rings. The third kappa shape index (κ3) is 5.73. The average molecular weight is 423 g/mol. The minimum absolute atomic E-state index is 0. The first-order chi connectivity index (χ1) is 10.1. The van der Waals surface area contributed by atoms with E-state index in [9.17, 15) is 0 Å². The highest BCUT2D eigenvalue weighted by Crippen LogP contribution is 2.14. The van der Waals surface area contributed by atoms with Crippen LogP contribution in [0.25, 0.3) is 0 Å². The minimum Gasteiger partial charge on any atom is -0.379 e. The molecule has 0 bridgehead atoms. The topological polar surface area (TPSA) is 74.9 Å². The molecular weight excluding hydrogens is 397 g/mol. The lowest BCUT2D eigenvalue weighted by atomic mass is 10.0. The summed E-state index contributed by atoms with van der Waals surface area (Å²) in [6.45, 7) is 9.43. The molecular formula is C14H26IN5O2. The zero-order valence-electron chi connectivity index (χ0n) is 13.5. The molecule has 0 spiro atoms. The molecule has 2 heterocycles. The first-order valence-corrected chi connectivity index (χ1v) is 7.28. The number of morpholine rings is 1. The maximum Gasteiger partial charge on any atom is 0.191 e. The number of nitrogens with one attached hydrogen (secondary N) is 2. The van der Waals surface area contributed by atoms with Gasteiger partial charge in [-0.3, -0.25) is 9.89 Å². The van der Waals surface area contributed by atoms with Crippen LogP contribution >= 0.6 is 24.0 Å². The van der Waals surface area contributed by atoms with Gasteiger partial charge in [-0.15, -0.1) is 24.0 Å².